The fraction of sp³-hybridized carbons (Fsp3) is 0.333. The average molecular weight is 227 g/mol. The monoisotopic (exact) mass is 227 g/mol. The lowest BCUT2D eigenvalue weighted by molar-refractivity contribution is -0.387. The third kappa shape index (κ3) is 1.85. The normalized spacial score (nSPS) is 11.7. The lowest BCUT2D eigenvalue weighted by Crippen LogP contribution is -2.09. The summed E-state index contributed by atoms with van der Waals surface area (Å²) in [6.07, 6.45) is -4.81. The van der Waals surface area contributed by atoms with Crippen LogP contribution in [0.4, 0.5) is 18.9 Å². The highest BCUT2D eigenvalue weighted by atomic mass is 32.1. The van der Waals surface area contributed by atoms with Gasteiger partial charge in [0, 0.05) is 4.88 Å². The van der Waals surface area contributed by atoms with E-state index in [2.05, 4.69) is 0 Å². The molecule has 1 aromatic rings. The number of hydrogen-bond acceptors (Lipinski definition) is 4. The van der Waals surface area contributed by atoms with Crippen LogP contribution in [0.2, 0.25) is 0 Å². The number of rotatable bonds is 2. The molecule has 0 atom stereocenters. The van der Waals surface area contributed by atoms with Gasteiger partial charge in [-0.25, -0.2) is 0 Å². The zero-order valence-electron chi connectivity index (χ0n) is 6.54. The first-order valence-electron chi connectivity index (χ1n) is 3.30. The van der Waals surface area contributed by atoms with Crippen LogP contribution < -0.4 is 0 Å². The number of nitro groups is 1. The molecule has 0 radical (unpaired) electrons. The highest BCUT2D eigenvalue weighted by molar-refractivity contribution is 7.10. The molecule has 0 saturated carbocycles. The van der Waals surface area contributed by atoms with Gasteiger partial charge in [0.2, 0.25) is 0 Å². The van der Waals surface area contributed by atoms with Crippen molar-refractivity contribution in [3.8, 4) is 0 Å². The van der Waals surface area contributed by atoms with Crippen LogP contribution in [0, 0.1) is 10.1 Å². The van der Waals surface area contributed by atoms with Gasteiger partial charge in [0.05, 0.1) is 16.9 Å². The van der Waals surface area contributed by atoms with Crippen molar-refractivity contribution in [1.29, 1.82) is 0 Å². The number of alkyl halides is 3. The van der Waals surface area contributed by atoms with E-state index in [1.54, 1.807) is 0 Å². The van der Waals surface area contributed by atoms with Crippen LogP contribution in [0.5, 0.6) is 0 Å². The second-order valence-electron chi connectivity index (χ2n) is 2.33. The van der Waals surface area contributed by atoms with E-state index >= 15 is 0 Å². The molecule has 1 N–H and O–H groups in total. The van der Waals surface area contributed by atoms with Gasteiger partial charge in [0.25, 0.3) is 5.69 Å². The quantitative estimate of drug-likeness (QED) is 0.622. The summed E-state index contributed by atoms with van der Waals surface area (Å²) in [5, 5.41) is 19.6. The summed E-state index contributed by atoms with van der Waals surface area (Å²) >= 11 is 0.520. The maximum Gasteiger partial charge on any atom is 0.424 e. The van der Waals surface area contributed by atoms with E-state index in [4.69, 9.17) is 5.11 Å². The number of thiophene rings is 1. The Labute approximate surface area is 79.7 Å². The van der Waals surface area contributed by atoms with E-state index in [-0.39, 0.29) is 0 Å². The van der Waals surface area contributed by atoms with E-state index in [0.29, 0.717) is 11.3 Å². The van der Waals surface area contributed by atoms with E-state index in [1.165, 1.54) is 0 Å². The Morgan fingerprint density at radius 1 is 1.57 bits per heavy atom. The largest absolute Gasteiger partial charge is 0.424 e. The summed E-state index contributed by atoms with van der Waals surface area (Å²) < 4.78 is 36.8. The predicted molar refractivity (Wildman–Crippen MR) is 41.9 cm³/mol. The summed E-state index contributed by atoms with van der Waals surface area (Å²) in [6.45, 7) is -0.854. The summed E-state index contributed by atoms with van der Waals surface area (Å²) in [5.41, 5.74) is -2.36. The zero-order chi connectivity index (χ0) is 10.9. The fourth-order valence-corrected chi connectivity index (χ4v) is 1.81. The molecular formula is C6H4F3NO3S. The van der Waals surface area contributed by atoms with E-state index in [1.807, 2.05) is 0 Å². The van der Waals surface area contributed by atoms with E-state index in [9.17, 15) is 23.3 Å². The Bertz CT molecular complexity index is 360. The molecule has 0 fully saturated rings. The van der Waals surface area contributed by atoms with Gasteiger partial charge in [0.1, 0.15) is 5.56 Å². The third-order valence-corrected chi connectivity index (χ3v) is 2.43. The molecule has 14 heavy (non-hydrogen) atoms. The van der Waals surface area contributed by atoms with Gasteiger partial charge < -0.3 is 5.11 Å². The minimum Gasteiger partial charge on any atom is -0.391 e. The van der Waals surface area contributed by atoms with Gasteiger partial charge in [-0.15, -0.1) is 11.3 Å². The van der Waals surface area contributed by atoms with Crippen LogP contribution in [0.3, 0.4) is 0 Å². The van der Waals surface area contributed by atoms with Gasteiger partial charge in [0.15, 0.2) is 0 Å². The second kappa shape index (κ2) is 3.54. The molecule has 1 heterocycles. The molecule has 0 aliphatic heterocycles. The smallest absolute Gasteiger partial charge is 0.391 e. The van der Waals surface area contributed by atoms with Crippen LogP contribution in [0.1, 0.15) is 10.4 Å². The van der Waals surface area contributed by atoms with Gasteiger partial charge >= 0.3 is 6.18 Å². The third-order valence-electron chi connectivity index (χ3n) is 1.47. The first-order chi connectivity index (χ1) is 6.38. The van der Waals surface area contributed by atoms with Gasteiger partial charge in [-0.2, -0.15) is 13.2 Å². The molecule has 1 aromatic heterocycles. The summed E-state index contributed by atoms with van der Waals surface area (Å²) in [5.74, 6) is 0. The van der Waals surface area contributed by atoms with Crippen molar-refractivity contribution in [2.24, 2.45) is 0 Å². The fourth-order valence-electron chi connectivity index (χ4n) is 0.942. The highest BCUT2D eigenvalue weighted by Crippen LogP contribution is 2.41. The van der Waals surface area contributed by atoms with Crippen molar-refractivity contribution in [1.82, 2.24) is 0 Å². The topological polar surface area (TPSA) is 63.4 Å². The molecule has 0 aromatic carbocycles. The number of aliphatic hydroxyl groups is 1. The standard InChI is InChI=1S/C6H4F3NO3S/c7-6(8,9)5-3(10(12)13)2-14-4(5)1-11/h2,11H,1H2. The number of aliphatic hydroxyl groups excluding tert-OH is 1. The Kier molecular flexibility index (Phi) is 2.76. The lowest BCUT2D eigenvalue weighted by atomic mass is 10.2. The van der Waals surface area contributed by atoms with Crippen LogP contribution >= 0.6 is 11.3 Å². The number of hydrogen-bond donors (Lipinski definition) is 1. The molecule has 1 rings (SSSR count). The molecular weight excluding hydrogens is 223 g/mol. The second-order valence-corrected chi connectivity index (χ2v) is 3.30. The molecule has 4 nitrogen and oxygen atoms in total. The Hall–Kier alpha value is -1.15. The molecule has 0 bridgehead atoms. The average Bonchev–Trinajstić information content (AvgIpc) is 2.45. The molecule has 0 spiro atoms. The van der Waals surface area contributed by atoms with Crippen molar-refractivity contribution >= 4 is 17.0 Å². The lowest BCUT2D eigenvalue weighted by Gasteiger charge is -2.05. The molecule has 0 amide bonds. The SMILES string of the molecule is O=[N+]([O-])c1csc(CO)c1C(F)(F)F. The van der Waals surface area contributed by atoms with Crippen molar-refractivity contribution in [3.05, 3.63) is 25.9 Å². The van der Waals surface area contributed by atoms with Crippen LogP contribution in [0.15, 0.2) is 5.38 Å². The van der Waals surface area contributed by atoms with Crippen molar-refractivity contribution in [2.45, 2.75) is 12.8 Å². The number of halogens is 3. The minimum absolute atomic E-state index is 0.441. The molecule has 0 aliphatic rings. The Morgan fingerprint density at radius 2 is 2.14 bits per heavy atom. The van der Waals surface area contributed by atoms with Gasteiger partial charge in [-0.3, -0.25) is 10.1 Å². The molecule has 78 valence electrons. The Morgan fingerprint density at radius 3 is 2.50 bits per heavy atom. The van der Waals surface area contributed by atoms with Gasteiger partial charge in [-0.05, 0) is 0 Å². The first kappa shape index (κ1) is 10.9. The molecule has 0 aliphatic carbocycles. The molecule has 0 unspecified atom stereocenters. The predicted octanol–water partition coefficient (Wildman–Crippen LogP) is 2.17. The van der Waals surface area contributed by atoms with Crippen molar-refractivity contribution < 1.29 is 23.2 Å². The van der Waals surface area contributed by atoms with Crippen LogP contribution in [-0.4, -0.2) is 10.0 Å². The summed E-state index contributed by atoms with van der Waals surface area (Å²) in [4.78, 5) is 8.68. The van der Waals surface area contributed by atoms with E-state index < -0.39 is 33.8 Å². The van der Waals surface area contributed by atoms with Crippen LogP contribution in [0.25, 0.3) is 0 Å². The van der Waals surface area contributed by atoms with Crippen LogP contribution in [-0.2, 0) is 12.8 Å². The summed E-state index contributed by atoms with van der Waals surface area (Å²) in [7, 11) is 0. The first-order valence-corrected chi connectivity index (χ1v) is 4.18. The maximum absolute atomic E-state index is 12.3. The van der Waals surface area contributed by atoms with Crippen molar-refractivity contribution in [2.75, 3.05) is 0 Å². The minimum atomic E-state index is -4.81. The molecule has 0 saturated heterocycles. The number of nitrogens with zero attached hydrogens (tertiary/aromatic N) is 1. The highest BCUT2D eigenvalue weighted by Gasteiger charge is 2.42. The Balaban J connectivity index is 3.34. The zero-order valence-corrected chi connectivity index (χ0v) is 7.35. The van der Waals surface area contributed by atoms with Gasteiger partial charge in [-0.1, -0.05) is 0 Å². The summed E-state index contributed by atoms with van der Waals surface area (Å²) in [6, 6.07) is 0. The molecule has 8 heteroatoms. The van der Waals surface area contributed by atoms with Crippen molar-refractivity contribution in [3.63, 3.8) is 0 Å². The van der Waals surface area contributed by atoms with E-state index in [0.717, 1.165) is 5.38 Å². The maximum atomic E-state index is 12.3.